The average molecular weight is 329 g/mol. The van der Waals surface area contributed by atoms with Gasteiger partial charge < -0.3 is 15.6 Å². The number of hydrogen-bond donors (Lipinski definition) is 3. The fraction of sp³-hybridized carbons (Fsp3) is 0.176. The van der Waals surface area contributed by atoms with Crippen molar-refractivity contribution < 1.29 is 4.79 Å². The third kappa shape index (κ3) is 4.02. The molecule has 0 aliphatic heterocycles. The molecule has 0 saturated heterocycles. The number of nitrogens with zero attached hydrogens (tertiary/aromatic N) is 1. The van der Waals surface area contributed by atoms with E-state index in [4.69, 9.17) is 11.6 Å². The minimum atomic E-state index is -0.231. The van der Waals surface area contributed by atoms with Crippen LogP contribution in [-0.4, -0.2) is 22.5 Å². The van der Waals surface area contributed by atoms with Crippen molar-refractivity contribution in [3.63, 3.8) is 0 Å². The van der Waals surface area contributed by atoms with Gasteiger partial charge in [0.2, 0.25) is 0 Å². The zero-order valence-electron chi connectivity index (χ0n) is 12.7. The number of hydrogen-bond acceptors (Lipinski definition) is 2. The van der Waals surface area contributed by atoms with E-state index in [1.165, 1.54) is 0 Å². The van der Waals surface area contributed by atoms with Crippen LogP contribution in [0.15, 0.2) is 42.5 Å². The molecule has 0 unspecified atom stereocenters. The van der Waals surface area contributed by atoms with Gasteiger partial charge in [-0.2, -0.15) is 0 Å². The number of benzene rings is 2. The number of rotatable bonds is 4. The molecule has 5 nitrogen and oxygen atoms in total. The lowest BCUT2D eigenvalue weighted by molar-refractivity contribution is 0.252. The minimum absolute atomic E-state index is 0.231. The first-order valence-electron chi connectivity index (χ1n) is 7.36. The Morgan fingerprint density at radius 3 is 2.78 bits per heavy atom. The Bertz CT molecular complexity index is 826. The molecule has 0 radical (unpaired) electrons. The number of aryl methyl sites for hydroxylation is 1. The molecule has 0 bridgehead atoms. The van der Waals surface area contributed by atoms with Crippen LogP contribution in [0.5, 0.6) is 0 Å². The van der Waals surface area contributed by atoms with E-state index in [1.807, 2.05) is 19.1 Å². The molecule has 3 rings (SSSR count). The Hall–Kier alpha value is -2.53. The van der Waals surface area contributed by atoms with Crippen LogP contribution in [0.4, 0.5) is 10.5 Å². The van der Waals surface area contributed by atoms with Crippen molar-refractivity contribution >= 4 is 34.4 Å². The summed E-state index contributed by atoms with van der Waals surface area (Å²) in [6, 6.07) is 12.8. The lowest BCUT2D eigenvalue weighted by atomic mass is 10.1. The van der Waals surface area contributed by atoms with Crippen molar-refractivity contribution in [3.05, 3.63) is 58.9 Å². The van der Waals surface area contributed by atoms with Crippen LogP contribution in [0.2, 0.25) is 5.02 Å². The van der Waals surface area contributed by atoms with Gasteiger partial charge in [-0.1, -0.05) is 17.7 Å². The summed E-state index contributed by atoms with van der Waals surface area (Å²) in [4.78, 5) is 19.4. The molecule has 1 heterocycles. The molecule has 0 spiro atoms. The van der Waals surface area contributed by atoms with Crippen LogP contribution < -0.4 is 10.6 Å². The molecule has 0 aliphatic rings. The number of fused-ring (bicyclic) bond motifs is 1. The number of H-pyrrole nitrogens is 1. The Morgan fingerprint density at radius 2 is 2.00 bits per heavy atom. The summed E-state index contributed by atoms with van der Waals surface area (Å²) in [5, 5.41) is 6.24. The van der Waals surface area contributed by atoms with Gasteiger partial charge in [-0.15, -0.1) is 0 Å². The molecule has 0 fully saturated rings. The fourth-order valence-electron chi connectivity index (χ4n) is 2.37. The Labute approximate surface area is 139 Å². The standard InChI is InChI=1S/C17H17ClN4O/c1-11-20-15-7-2-12(10-16(15)21-11)8-9-19-17(23)22-14-5-3-13(18)4-6-14/h2-7,10H,8-9H2,1H3,(H,20,21)(H2,19,22,23). The van der Waals surface area contributed by atoms with Gasteiger partial charge in [-0.25, -0.2) is 9.78 Å². The van der Waals surface area contributed by atoms with E-state index >= 15 is 0 Å². The van der Waals surface area contributed by atoms with Gasteiger partial charge in [0.1, 0.15) is 5.82 Å². The molecule has 0 atom stereocenters. The predicted octanol–water partition coefficient (Wildman–Crippen LogP) is 3.89. The van der Waals surface area contributed by atoms with Crippen LogP contribution in [0, 0.1) is 6.92 Å². The first-order chi connectivity index (χ1) is 11.1. The molecular formula is C17H17ClN4O. The number of carbonyl (C=O) groups is 1. The molecule has 0 saturated carbocycles. The number of carbonyl (C=O) groups excluding carboxylic acids is 1. The second-order valence-corrected chi connectivity index (χ2v) is 5.75. The monoisotopic (exact) mass is 328 g/mol. The molecule has 6 heteroatoms. The second-order valence-electron chi connectivity index (χ2n) is 5.31. The van der Waals surface area contributed by atoms with Crippen molar-refractivity contribution in [3.8, 4) is 0 Å². The van der Waals surface area contributed by atoms with Crippen LogP contribution in [0.3, 0.4) is 0 Å². The Balaban J connectivity index is 1.51. The normalized spacial score (nSPS) is 10.7. The van der Waals surface area contributed by atoms with Crippen molar-refractivity contribution in [2.24, 2.45) is 0 Å². The highest BCUT2D eigenvalue weighted by Crippen LogP contribution is 2.14. The van der Waals surface area contributed by atoms with Gasteiger partial charge in [0.25, 0.3) is 0 Å². The topological polar surface area (TPSA) is 69.8 Å². The van der Waals surface area contributed by atoms with E-state index in [0.717, 1.165) is 28.8 Å². The van der Waals surface area contributed by atoms with Crippen LogP contribution >= 0.6 is 11.6 Å². The SMILES string of the molecule is Cc1nc2ccc(CCNC(=O)Nc3ccc(Cl)cc3)cc2[nH]1. The molecule has 2 amide bonds. The summed E-state index contributed by atoms with van der Waals surface area (Å²) in [6.07, 6.45) is 0.752. The van der Waals surface area contributed by atoms with Gasteiger partial charge in [0, 0.05) is 17.3 Å². The number of amides is 2. The van der Waals surface area contributed by atoms with Gasteiger partial charge in [-0.05, 0) is 55.3 Å². The predicted molar refractivity (Wildman–Crippen MR) is 93.0 cm³/mol. The first-order valence-corrected chi connectivity index (χ1v) is 7.73. The number of anilines is 1. The zero-order valence-corrected chi connectivity index (χ0v) is 13.4. The summed E-state index contributed by atoms with van der Waals surface area (Å²) in [7, 11) is 0. The molecule has 23 heavy (non-hydrogen) atoms. The zero-order chi connectivity index (χ0) is 16.2. The second kappa shape index (κ2) is 6.71. The maximum absolute atomic E-state index is 11.8. The average Bonchev–Trinajstić information content (AvgIpc) is 2.89. The molecular weight excluding hydrogens is 312 g/mol. The van der Waals surface area contributed by atoms with Gasteiger partial charge >= 0.3 is 6.03 Å². The van der Waals surface area contributed by atoms with E-state index in [0.29, 0.717) is 17.3 Å². The van der Waals surface area contributed by atoms with Crippen molar-refractivity contribution in [2.45, 2.75) is 13.3 Å². The molecule has 1 aromatic heterocycles. The lowest BCUT2D eigenvalue weighted by Crippen LogP contribution is -2.30. The van der Waals surface area contributed by atoms with E-state index < -0.39 is 0 Å². The maximum Gasteiger partial charge on any atom is 0.319 e. The van der Waals surface area contributed by atoms with Crippen molar-refractivity contribution in [1.82, 2.24) is 15.3 Å². The molecule has 3 N–H and O–H groups in total. The van der Waals surface area contributed by atoms with Crippen molar-refractivity contribution in [2.75, 3.05) is 11.9 Å². The fourth-order valence-corrected chi connectivity index (χ4v) is 2.49. The molecule has 118 valence electrons. The highest BCUT2D eigenvalue weighted by Gasteiger charge is 2.03. The number of aromatic nitrogens is 2. The van der Waals surface area contributed by atoms with E-state index in [2.05, 4.69) is 26.7 Å². The Morgan fingerprint density at radius 1 is 1.22 bits per heavy atom. The Kier molecular flexibility index (Phi) is 4.48. The number of urea groups is 1. The highest BCUT2D eigenvalue weighted by atomic mass is 35.5. The number of nitrogens with one attached hydrogen (secondary N) is 3. The van der Waals surface area contributed by atoms with E-state index in [1.54, 1.807) is 24.3 Å². The summed E-state index contributed by atoms with van der Waals surface area (Å²) in [5.74, 6) is 0.901. The summed E-state index contributed by atoms with van der Waals surface area (Å²) in [5.41, 5.74) is 3.83. The highest BCUT2D eigenvalue weighted by molar-refractivity contribution is 6.30. The van der Waals surface area contributed by atoms with Crippen molar-refractivity contribution in [1.29, 1.82) is 0 Å². The van der Waals surface area contributed by atoms with Crippen LogP contribution in [0.25, 0.3) is 11.0 Å². The summed E-state index contributed by atoms with van der Waals surface area (Å²) in [6.45, 7) is 2.49. The first kappa shape index (κ1) is 15.4. The van der Waals surface area contributed by atoms with E-state index in [-0.39, 0.29) is 6.03 Å². The molecule has 2 aromatic carbocycles. The summed E-state index contributed by atoms with van der Waals surface area (Å²) < 4.78 is 0. The van der Waals surface area contributed by atoms with Crippen LogP contribution in [0.1, 0.15) is 11.4 Å². The largest absolute Gasteiger partial charge is 0.342 e. The molecule has 0 aliphatic carbocycles. The van der Waals surface area contributed by atoms with E-state index in [9.17, 15) is 4.79 Å². The van der Waals surface area contributed by atoms with Gasteiger partial charge in [0.15, 0.2) is 0 Å². The minimum Gasteiger partial charge on any atom is -0.342 e. The lowest BCUT2D eigenvalue weighted by Gasteiger charge is -2.08. The van der Waals surface area contributed by atoms with Crippen LogP contribution in [-0.2, 0) is 6.42 Å². The number of imidazole rings is 1. The quantitative estimate of drug-likeness (QED) is 0.680. The number of halogens is 1. The van der Waals surface area contributed by atoms with Gasteiger partial charge in [0.05, 0.1) is 11.0 Å². The maximum atomic E-state index is 11.8. The summed E-state index contributed by atoms with van der Waals surface area (Å²) >= 11 is 5.81. The number of aromatic amines is 1. The third-order valence-electron chi connectivity index (χ3n) is 3.47. The smallest absolute Gasteiger partial charge is 0.319 e. The van der Waals surface area contributed by atoms with Gasteiger partial charge in [-0.3, -0.25) is 0 Å². The third-order valence-corrected chi connectivity index (χ3v) is 3.72. The molecule has 3 aromatic rings.